The van der Waals surface area contributed by atoms with E-state index >= 15 is 0 Å². The van der Waals surface area contributed by atoms with E-state index in [1.807, 2.05) is 13.8 Å². The van der Waals surface area contributed by atoms with Crippen LogP contribution in [0.3, 0.4) is 0 Å². The molecule has 0 amide bonds. The van der Waals surface area contributed by atoms with Gasteiger partial charge in [-0.2, -0.15) is 18.3 Å². The van der Waals surface area contributed by atoms with E-state index in [1.54, 1.807) is 6.92 Å². The maximum Gasteiger partial charge on any atom is 0.435 e. The fourth-order valence-electron chi connectivity index (χ4n) is 1.41. The first-order valence-corrected chi connectivity index (χ1v) is 5.19. The molecular formula is C10H16F3N3. The SMILES string of the molecule is CCC(C)n1nc(C(F)(F)F)cc1[C@@H](C)N. The number of rotatable bonds is 3. The standard InChI is InChI=1S/C10H16F3N3/c1-4-6(2)16-8(7(3)14)5-9(15-16)10(11,12)13/h5-7H,4,14H2,1-3H3/t6?,7-/m1/s1. The summed E-state index contributed by atoms with van der Waals surface area (Å²) in [5.41, 5.74) is 5.18. The highest BCUT2D eigenvalue weighted by atomic mass is 19.4. The van der Waals surface area contributed by atoms with Crippen molar-refractivity contribution in [1.29, 1.82) is 0 Å². The zero-order chi connectivity index (χ0) is 12.5. The van der Waals surface area contributed by atoms with Gasteiger partial charge in [-0.05, 0) is 26.3 Å². The average Bonchev–Trinajstić information content (AvgIpc) is 2.60. The Labute approximate surface area is 92.4 Å². The van der Waals surface area contributed by atoms with Crippen molar-refractivity contribution in [2.24, 2.45) is 5.73 Å². The summed E-state index contributed by atoms with van der Waals surface area (Å²) in [6, 6.07) is 0.478. The molecule has 92 valence electrons. The van der Waals surface area contributed by atoms with Gasteiger partial charge in [0.15, 0.2) is 5.69 Å². The van der Waals surface area contributed by atoms with E-state index in [9.17, 15) is 13.2 Å². The van der Waals surface area contributed by atoms with Gasteiger partial charge >= 0.3 is 6.18 Å². The molecule has 2 N–H and O–H groups in total. The van der Waals surface area contributed by atoms with Crippen molar-refractivity contribution in [3.8, 4) is 0 Å². The van der Waals surface area contributed by atoms with Crippen molar-refractivity contribution in [2.45, 2.75) is 45.5 Å². The van der Waals surface area contributed by atoms with Gasteiger partial charge in [0, 0.05) is 12.1 Å². The second-order valence-electron chi connectivity index (χ2n) is 3.94. The van der Waals surface area contributed by atoms with Gasteiger partial charge < -0.3 is 5.73 Å². The number of hydrogen-bond donors (Lipinski definition) is 1. The summed E-state index contributed by atoms with van der Waals surface area (Å²) in [6.45, 7) is 5.36. The molecule has 1 rings (SSSR count). The van der Waals surface area contributed by atoms with Crippen LogP contribution in [0.1, 0.15) is 50.7 Å². The van der Waals surface area contributed by atoms with E-state index in [2.05, 4.69) is 5.10 Å². The third kappa shape index (κ3) is 2.55. The highest BCUT2D eigenvalue weighted by Gasteiger charge is 2.35. The van der Waals surface area contributed by atoms with Gasteiger partial charge in [-0.25, -0.2) is 0 Å². The number of nitrogens with zero attached hydrogens (tertiary/aromatic N) is 2. The minimum Gasteiger partial charge on any atom is -0.323 e. The normalized spacial score (nSPS) is 16.2. The Bertz CT molecular complexity index is 355. The third-order valence-corrected chi connectivity index (χ3v) is 2.53. The summed E-state index contributed by atoms with van der Waals surface area (Å²) in [5, 5.41) is 3.59. The topological polar surface area (TPSA) is 43.8 Å². The van der Waals surface area contributed by atoms with Gasteiger partial charge in [0.05, 0.1) is 5.69 Å². The van der Waals surface area contributed by atoms with Crippen molar-refractivity contribution in [3.05, 3.63) is 17.5 Å². The number of halogens is 3. The molecule has 0 aliphatic carbocycles. The zero-order valence-electron chi connectivity index (χ0n) is 9.54. The molecule has 0 aromatic carbocycles. The van der Waals surface area contributed by atoms with Crippen LogP contribution in [0.2, 0.25) is 0 Å². The smallest absolute Gasteiger partial charge is 0.323 e. The molecule has 1 unspecified atom stereocenters. The maximum absolute atomic E-state index is 12.5. The van der Waals surface area contributed by atoms with Gasteiger partial charge in [-0.1, -0.05) is 6.92 Å². The predicted molar refractivity (Wildman–Crippen MR) is 54.8 cm³/mol. The molecule has 0 saturated carbocycles. The minimum atomic E-state index is -4.41. The minimum absolute atomic E-state index is 0.0860. The summed E-state index contributed by atoms with van der Waals surface area (Å²) in [4.78, 5) is 0. The highest BCUT2D eigenvalue weighted by Crippen LogP contribution is 2.31. The van der Waals surface area contributed by atoms with Gasteiger partial charge in [0.2, 0.25) is 0 Å². The first-order valence-electron chi connectivity index (χ1n) is 5.19. The van der Waals surface area contributed by atoms with E-state index in [4.69, 9.17) is 5.73 Å². The molecule has 1 aromatic rings. The van der Waals surface area contributed by atoms with E-state index in [-0.39, 0.29) is 6.04 Å². The lowest BCUT2D eigenvalue weighted by Crippen LogP contribution is -2.16. The average molecular weight is 235 g/mol. The van der Waals surface area contributed by atoms with Gasteiger partial charge in [0.25, 0.3) is 0 Å². The Morgan fingerprint density at radius 2 is 2.00 bits per heavy atom. The van der Waals surface area contributed by atoms with Crippen molar-refractivity contribution in [3.63, 3.8) is 0 Å². The van der Waals surface area contributed by atoms with Gasteiger partial charge in [0.1, 0.15) is 0 Å². The summed E-state index contributed by atoms with van der Waals surface area (Å²) in [6.07, 6.45) is -3.71. The fraction of sp³-hybridized carbons (Fsp3) is 0.700. The molecule has 0 bridgehead atoms. The summed E-state index contributed by atoms with van der Waals surface area (Å²) in [7, 11) is 0. The molecule has 0 aliphatic rings. The van der Waals surface area contributed by atoms with E-state index in [0.29, 0.717) is 12.1 Å². The van der Waals surface area contributed by atoms with Crippen LogP contribution in [0.5, 0.6) is 0 Å². The molecule has 2 atom stereocenters. The van der Waals surface area contributed by atoms with Crippen molar-refractivity contribution in [2.75, 3.05) is 0 Å². The van der Waals surface area contributed by atoms with Crippen molar-refractivity contribution >= 4 is 0 Å². The van der Waals surface area contributed by atoms with Crippen LogP contribution in [0.15, 0.2) is 6.07 Å². The van der Waals surface area contributed by atoms with Crippen LogP contribution in [0.25, 0.3) is 0 Å². The molecule has 0 fully saturated rings. The van der Waals surface area contributed by atoms with E-state index < -0.39 is 17.9 Å². The van der Waals surface area contributed by atoms with Gasteiger partial charge in [-0.3, -0.25) is 4.68 Å². The zero-order valence-corrected chi connectivity index (χ0v) is 9.54. The summed E-state index contributed by atoms with van der Waals surface area (Å²) < 4.78 is 38.9. The molecule has 16 heavy (non-hydrogen) atoms. The van der Waals surface area contributed by atoms with Crippen molar-refractivity contribution < 1.29 is 13.2 Å². The first-order chi connectivity index (χ1) is 7.27. The van der Waals surface area contributed by atoms with Crippen LogP contribution in [0.4, 0.5) is 13.2 Å². The van der Waals surface area contributed by atoms with Crippen LogP contribution < -0.4 is 5.73 Å². The molecular weight excluding hydrogens is 219 g/mol. The Morgan fingerprint density at radius 1 is 1.44 bits per heavy atom. The lowest BCUT2D eigenvalue weighted by molar-refractivity contribution is -0.141. The number of aromatic nitrogens is 2. The summed E-state index contributed by atoms with van der Waals surface area (Å²) >= 11 is 0. The largest absolute Gasteiger partial charge is 0.435 e. The van der Waals surface area contributed by atoms with E-state index in [0.717, 1.165) is 6.07 Å². The van der Waals surface area contributed by atoms with Crippen LogP contribution in [-0.2, 0) is 6.18 Å². The van der Waals surface area contributed by atoms with Crippen molar-refractivity contribution in [1.82, 2.24) is 9.78 Å². The second kappa shape index (κ2) is 4.45. The Hall–Kier alpha value is -1.04. The lowest BCUT2D eigenvalue weighted by atomic mass is 10.2. The highest BCUT2D eigenvalue weighted by molar-refractivity contribution is 5.16. The summed E-state index contributed by atoms with van der Waals surface area (Å²) in [5.74, 6) is 0. The fourth-order valence-corrected chi connectivity index (χ4v) is 1.41. The molecule has 1 heterocycles. The third-order valence-electron chi connectivity index (χ3n) is 2.53. The van der Waals surface area contributed by atoms with Gasteiger partial charge in [-0.15, -0.1) is 0 Å². The number of nitrogens with two attached hydrogens (primary N) is 1. The molecule has 0 spiro atoms. The van der Waals surface area contributed by atoms with Crippen LogP contribution in [0, 0.1) is 0 Å². The molecule has 0 radical (unpaired) electrons. The molecule has 3 nitrogen and oxygen atoms in total. The molecule has 1 aromatic heterocycles. The maximum atomic E-state index is 12.5. The predicted octanol–water partition coefficient (Wildman–Crippen LogP) is 2.89. The lowest BCUT2D eigenvalue weighted by Gasteiger charge is -2.15. The Morgan fingerprint density at radius 3 is 2.38 bits per heavy atom. The number of alkyl halides is 3. The molecule has 0 aliphatic heterocycles. The molecule has 0 saturated heterocycles. The Kier molecular flexibility index (Phi) is 3.62. The number of hydrogen-bond acceptors (Lipinski definition) is 2. The van der Waals surface area contributed by atoms with Crippen LogP contribution in [-0.4, -0.2) is 9.78 Å². The monoisotopic (exact) mass is 235 g/mol. The molecule has 6 heteroatoms. The Balaban J connectivity index is 3.20. The van der Waals surface area contributed by atoms with E-state index in [1.165, 1.54) is 4.68 Å². The first kappa shape index (κ1) is 13.0. The second-order valence-corrected chi connectivity index (χ2v) is 3.94. The van der Waals surface area contributed by atoms with Crippen LogP contribution >= 0.6 is 0 Å². The quantitative estimate of drug-likeness (QED) is 0.875.